The summed E-state index contributed by atoms with van der Waals surface area (Å²) in [5.74, 6) is 0.404. The fourth-order valence-corrected chi connectivity index (χ4v) is 3.64. The van der Waals surface area contributed by atoms with E-state index in [-0.39, 0.29) is 0 Å². The molecule has 2 saturated heterocycles. The van der Waals surface area contributed by atoms with Crippen LogP contribution in [0.15, 0.2) is 24.3 Å². The summed E-state index contributed by atoms with van der Waals surface area (Å²) in [4.78, 5) is 7.50. The summed E-state index contributed by atoms with van der Waals surface area (Å²) in [5.41, 5.74) is 0.982. The number of piperazine rings is 1. The number of anilines is 1. The Hall–Kier alpha value is -1.26. The molecule has 22 heavy (non-hydrogen) atoms. The number of phenolic OH excluding ortho intramolecular Hbond substituents is 1. The summed E-state index contributed by atoms with van der Waals surface area (Å²) in [6.45, 7) is 9.33. The molecule has 0 atom stereocenters. The maximum Gasteiger partial charge on any atom is 0.138 e. The Morgan fingerprint density at radius 3 is 2.09 bits per heavy atom. The number of aromatic hydroxyl groups is 1. The molecule has 2 aliphatic heterocycles. The summed E-state index contributed by atoms with van der Waals surface area (Å²) < 4.78 is 0. The Morgan fingerprint density at radius 1 is 0.773 bits per heavy atom. The summed E-state index contributed by atoms with van der Waals surface area (Å²) in [6, 6.07) is 7.68. The lowest BCUT2D eigenvalue weighted by atomic mass is 10.1. The van der Waals surface area contributed by atoms with Crippen LogP contribution in [0.2, 0.25) is 0 Å². The molecule has 1 aromatic rings. The number of para-hydroxylation sites is 2. The smallest absolute Gasteiger partial charge is 0.138 e. The predicted molar refractivity (Wildman–Crippen MR) is 91.7 cm³/mol. The summed E-state index contributed by atoms with van der Waals surface area (Å²) in [7, 11) is 0. The number of hydrogen-bond donors (Lipinski definition) is 1. The molecule has 0 aromatic heterocycles. The number of nitrogens with zero attached hydrogens (tertiary/aromatic N) is 3. The first kappa shape index (κ1) is 15.6. The van der Waals surface area contributed by atoms with Crippen LogP contribution < -0.4 is 4.90 Å². The van der Waals surface area contributed by atoms with Crippen molar-refractivity contribution in [2.45, 2.75) is 25.7 Å². The molecule has 1 aromatic carbocycles. The molecule has 0 aliphatic carbocycles. The van der Waals surface area contributed by atoms with Gasteiger partial charge in [0.05, 0.1) is 5.69 Å². The molecule has 0 spiro atoms. The highest BCUT2D eigenvalue weighted by molar-refractivity contribution is 5.57. The lowest BCUT2D eigenvalue weighted by molar-refractivity contribution is 0.198. The van der Waals surface area contributed by atoms with E-state index >= 15 is 0 Å². The number of phenols is 1. The van der Waals surface area contributed by atoms with Crippen LogP contribution in [0.4, 0.5) is 5.69 Å². The van der Waals surface area contributed by atoms with E-state index in [1.54, 1.807) is 6.07 Å². The van der Waals surface area contributed by atoms with E-state index in [1.165, 1.54) is 51.9 Å². The minimum Gasteiger partial charge on any atom is -0.506 e. The van der Waals surface area contributed by atoms with Gasteiger partial charge in [-0.25, -0.2) is 0 Å². The highest BCUT2D eigenvalue weighted by Gasteiger charge is 2.19. The Labute approximate surface area is 134 Å². The van der Waals surface area contributed by atoms with Crippen LogP contribution in [-0.2, 0) is 0 Å². The second-order valence-electron chi connectivity index (χ2n) is 6.57. The maximum atomic E-state index is 9.95. The lowest BCUT2D eigenvalue weighted by Gasteiger charge is -2.36. The molecule has 2 heterocycles. The first-order chi connectivity index (χ1) is 10.8. The topological polar surface area (TPSA) is 30.0 Å². The standard InChI is InChI=1S/C18H29N3O/c22-18-8-3-2-7-17(18)21-15-13-20(14-16-21)12-6-11-19-9-4-1-5-10-19/h2-3,7-8,22H,1,4-6,9-16H2. The average Bonchev–Trinajstić information content (AvgIpc) is 2.57. The molecule has 1 N–H and O–H groups in total. The van der Waals surface area contributed by atoms with E-state index in [0.717, 1.165) is 31.9 Å². The first-order valence-electron chi connectivity index (χ1n) is 8.80. The molecule has 0 amide bonds. The van der Waals surface area contributed by atoms with Gasteiger partial charge in [0.2, 0.25) is 0 Å². The van der Waals surface area contributed by atoms with Gasteiger partial charge in [0.1, 0.15) is 5.75 Å². The Kier molecular flexibility index (Phi) is 5.57. The van der Waals surface area contributed by atoms with E-state index in [9.17, 15) is 5.11 Å². The fourth-order valence-electron chi connectivity index (χ4n) is 3.64. The molecule has 3 rings (SSSR count). The summed E-state index contributed by atoms with van der Waals surface area (Å²) in [5, 5.41) is 9.95. The van der Waals surface area contributed by atoms with Gasteiger partial charge in [-0.2, -0.15) is 0 Å². The molecule has 0 bridgehead atoms. The van der Waals surface area contributed by atoms with Crippen molar-refractivity contribution in [1.29, 1.82) is 0 Å². The Balaban J connectivity index is 1.37. The van der Waals surface area contributed by atoms with Crippen molar-refractivity contribution in [2.24, 2.45) is 0 Å². The lowest BCUT2D eigenvalue weighted by Crippen LogP contribution is -2.47. The monoisotopic (exact) mass is 303 g/mol. The third-order valence-corrected chi connectivity index (χ3v) is 4.99. The molecule has 4 heteroatoms. The molecular weight excluding hydrogens is 274 g/mol. The van der Waals surface area contributed by atoms with Crippen molar-refractivity contribution < 1.29 is 5.11 Å². The van der Waals surface area contributed by atoms with Gasteiger partial charge in [-0.05, 0) is 57.6 Å². The molecule has 2 fully saturated rings. The van der Waals surface area contributed by atoms with Gasteiger partial charge in [-0.3, -0.25) is 4.90 Å². The fraction of sp³-hybridized carbons (Fsp3) is 0.667. The number of likely N-dealkylation sites (tertiary alicyclic amines) is 1. The van der Waals surface area contributed by atoms with Crippen LogP contribution in [-0.4, -0.2) is 67.3 Å². The third kappa shape index (κ3) is 4.14. The molecular formula is C18H29N3O. The van der Waals surface area contributed by atoms with Crippen LogP contribution >= 0.6 is 0 Å². The van der Waals surface area contributed by atoms with Gasteiger partial charge < -0.3 is 14.9 Å². The number of hydrogen-bond acceptors (Lipinski definition) is 4. The zero-order valence-electron chi connectivity index (χ0n) is 13.6. The van der Waals surface area contributed by atoms with Gasteiger partial charge in [-0.1, -0.05) is 18.6 Å². The van der Waals surface area contributed by atoms with E-state index in [1.807, 2.05) is 18.2 Å². The zero-order valence-corrected chi connectivity index (χ0v) is 13.6. The number of benzene rings is 1. The van der Waals surface area contributed by atoms with Crippen LogP contribution in [0.1, 0.15) is 25.7 Å². The normalized spacial score (nSPS) is 21.2. The summed E-state index contributed by atoms with van der Waals surface area (Å²) >= 11 is 0. The van der Waals surface area contributed by atoms with Crippen molar-refractivity contribution >= 4 is 5.69 Å². The van der Waals surface area contributed by atoms with Crippen molar-refractivity contribution in [3.05, 3.63) is 24.3 Å². The van der Waals surface area contributed by atoms with Gasteiger partial charge >= 0.3 is 0 Å². The predicted octanol–water partition coefficient (Wildman–Crippen LogP) is 2.39. The average molecular weight is 303 g/mol. The molecule has 0 radical (unpaired) electrons. The van der Waals surface area contributed by atoms with Crippen molar-refractivity contribution in [2.75, 3.05) is 57.3 Å². The zero-order chi connectivity index (χ0) is 15.2. The Bertz CT molecular complexity index is 451. The van der Waals surface area contributed by atoms with Crippen LogP contribution in [0.25, 0.3) is 0 Å². The van der Waals surface area contributed by atoms with Gasteiger partial charge in [0.25, 0.3) is 0 Å². The molecule has 4 nitrogen and oxygen atoms in total. The van der Waals surface area contributed by atoms with Gasteiger partial charge in [0, 0.05) is 26.2 Å². The summed E-state index contributed by atoms with van der Waals surface area (Å²) in [6.07, 6.45) is 5.49. The highest BCUT2D eigenvalue weighted by atomic mass is 16.3. The van der Waals surface area contributed by atoms with Crippen LogP contribution in [0.5, 0.6) is 5.75 Å². The number of piperidine rings is 1. The minimum absolute atomic E-state index is 0.404. The quantitative estimate of drug-likeness (QED) is 0.904. The molecule has 0 unspecified atom stereocenters. The van der Waals surface area contributed by atoms with Gasteiger partial charge in [0.15, 0.2) is 0 Å². The largest absolute Gasteiger partial charge is 0.506 e. The first-order valence-corrected chi connectivity index (χ1v) is 8.80. The third-order valence-electron chi connectivity index (χ3n) is 4.99. The highest BCUT2D eigenvalue weighted by Crippen LogP contribution is 2.27. The Morgan fingerprint density at radius 2 is 1.41 bits per heavy atom. The molecule has 2 aliphatic rings. The van der Waals surface area contributed by atoms with Crippen molar-refractivity contribution in [3.8, 4) is 5.75 Å². The van der Waals surface area contributed by atoms with Crippen molar-refractivity contribution in [3.63, 3.8) is 0 Å². The van der Waals surface area contributed by atoms with Gasteiger partial charge in [-0.15, -0.1) is 0 Å². The molecule has 122 valence electrons. The number of rotatable bonds is 5. The van der Waals surface area contributed by atoms with E-state index in [0.29, 0.717) is 5.75 Å². The molecule has 0 saturated carbocycles. The second-order valence-corrected chi connectivity index (χ2v) is 6.57. The second kappa shape index (κ2) is 7.84. The minimum atomic E-state index is 0.404. The van der Waals surface area contributed by atoms with E-state index < -0.39 is 0 Å². The van der Waals surface area contributed by atoms with Crippen LogP contribution in [0.3, 0.4) is 0 Å². The maximum absolute atomic E-state index is 9.95. The van der Waals surface area contributed by atoms with Crippen molar-refractivity contribution in [1.82, 2.24) is 9.80 Å². The van der Waals surface area contributed by atoms with E-state index in [4.69, 9.17) is 0 Å². The van der Waals surface area contributed by atoms with Crippen LogP contribution in [0, 0.1) is 0 Å². The van der Waals surface area contributed by atoms with E-state index in [2.05, 4.69) is 14.7 Å². The SMILES string of the molecule is Oc1ccccc1N1CCN(CCCN2CCCCC2)CC1.